The highest BCUT2D eigenvalue weighted by molar-refractivity contribution is 5.94. The number of aromatic nitrogens is 3. The minimum Gasteiger partial charge on any atom is -0.497 e. The normalized spacial score (nSPS) is 13.0. The van der Waals surface area contributed by atoms with Gasteiger partial charge in [0.2, 0.25) is 5.91 Å². The van der Waals surface area contributed by atoms with Crippen LogP contribution in [0.15, 0.2) is 28.8 Å². The molecule has 0 spiro atoms. The molecule has 3 aromatic rings. The lowest BCUT2D eigenvalue weighted by molar-refractivity contribution is -0.131. The van der Waals surface area contributed by atoms with Gasteiger partial charge >= 0.3 is 0 Å². The third-order valence-corrected chi connectivity index (χ3v) is 6.12. The summed E-state index contributed by atoms with van der Waals surface area (Å²) < 4.78 is 12.2. The van der Waals surface area contributed by atoms with Crippen molar-refractivity contribution in [2.45, 2.75) is 53.2 Å². The SMILES string of the molecule is CCn1nc(C(=O)NCc2ccc(OC)cc2)c2c1CCN(C(=O)Cc1c(C)noc1C)C2. The van der Waals surface area contributed by atoms with Crippen molar-refractivity contribution in [3.05, 3.63) is 63.8 Å². The summed E-state index contributed by atoms with van der Waals surface area (Å²) in [6.07, 6.45) is 0.896. The molecule has 3 heterocycles. The molecule has 1 aliphatic rings. The molecule has 2 amide bonds. The number of hydrogen-bond acceptors (Lipinski definition) is 6. The lowest BCUT2D eigenvalue weighted by atomic mass is 10.0. The summed E-state index contributed by atoms with van der Waals surface area (Å²) in [6.45, 7) is 7.65. The van der Waals surface area contributed by atoms with E-state index in [4.69, 9.17) is 9.26 Å². The van der Waals surface area contributed by atoms with Gasteiger partial charge in [0.15, 0.2) is 5.69 Å². The number of fused-ring (bicyclic) bond motifs is 1. The molecule has 0 atom stereocenters. The predicted octanol–water partition coefficient (Wildman–Crippen LogP) is 2.57. The second kappa shape index (κ2) is 9.48. The molecule has 0 aliphatic carbocycles. The Bertz CT molecular complexity index is 1140. The summed E-state index contributed by atoms with van der Waals surface area (Å²) in [5, 5.41) is 11.5. The van der Waals surface area contributed by atoms with Crippen LogP contribution in [0.1, 0.15) is 51.3 Å². The summed E-state index contributed by atoms with van der Waals surface area (Å²) in [5.74, 6) is 1.18. The van der Waals surface area contributed by atoms with Gasteiger partial charge < -0.3 is 19.5 Å². The van der Waals surface area contributed by atoms with Crippen molar-refractivity contribution in [2.24, 2.45) is 0 Å². The van der Waals surface area contributed by atoms with Crippen LogP contribution in [0.25, 0.3) is 0 Å². The smallest absolute Gasteiger partial charge is 0.272 e. The molecule has 1 aromatic carbocycles. The first-order valence-electron chi connectivity index (χ1n) is 11.1. The van der Waals surface area contributed by atoms with Crippen molar-refractivity contribution in [2.75, 3.05) is 13.7 Å². The molecule has 2 aromatic heterocycles. The van der Waals surface area contributed by atoms with Gasteiger partial charge in [0.05, 0.1) is 19.2 Å². The highest BCUT2D eigenvalue weighted by Gasteiger charge is 2.30. The van der Waals surface area contributed by atoms with E-state index in [0.717, 1.165) is 33.8 Å². The number of ether oxygens (including phenoxy) is 1. The van der Waals surface area contributed by atoms with E-state index < -0.39 is 0 Å². The van der Waals surface area contributed by atoms with Gasteiger partial charge in [-0.15, -0.1) is 0 Å². The van der Waals surface area contributed by atoms with Crippen molar-refractivity contribution in [1.82, 2.24) is 25.2 Å². The van der Waals surface area contributed by atoms with Crippen molar-refractivity contribution in [1.29, 1.82) is 0 Å². The number of carbonyl (C=O) groups is 2. The van der Waals surface area contributed by atoms with E-state index in [1.54, 1.807) is 12.0 Å². The molecule has 33 heavy (non-hydrogen) atoms. The zero-order valence-electron chi connectivity index (χ0n) is 19.5. The molecular weight excluding hydrogens is 422 g/mol. The van der Waals surface area contributed by atoms with Crippen LogP contribution >= 0.6 is 0 Å². The van der Waals surface area contributed by atoms with Crippen molar-refractivity contribution in [3.8, 4) is 5.75 Å². The molecule has 0 fully saturated rings. The van der Waals surface area contributed by atoms with Gasteiger partial charge in [-0.3, -0.25) is 14.3 Å². The van der Waals surface area contributed by atoms with Crippen LogP contribution in [0.3, 0.4) is 0 Å². The Morgan fingerprint density at radius 3 is 2.61 bits per heavy atom. The number of nitrogens with one attached hydrogen (secondary N) is 1. The minimum atomic E-state index is -0.241. The molecule has 0 saturated carbocycles. The first kappa shape index (κ1) is 22.6. The van der Waals surface area contributed by atoms with E-state index in [0.29, 0.717) is 44.1 Å². The van der Waals surface area contributed by atoms with Gasteiger partial charge in [0, 0.05) is 49.4 Å². The maximum Gasteiger partial charge on any atom is 0.272 e. The number of aryl methyl sites for hydroxylation is 3. The maximum absolute atomic E-state index is 13.0. The van der Waals surface area contributed by atoms with E-state index in [9.17, 15) is 9.59 Å². The fraction of sp³-hybridized carbons (Fsp3) is 0.417. The topological polar surface area (TPSA) is 102 Å². The number of benzene rings is 1. The summed E-state index contributed by atoms with van der Waals surface area (Å²) >= 11 is 0. The molecule has 0 bridgehead atoms. The van der Waals surface area contributed by atoms with Crippen LogP contribution in [0, 0.1) is 13.8 Å². The van der Waals surface area contributed by atoms with Gasteiger partial charge in [-0.2, -0.15) is 5.10 Å². The van der Waals surface area contributed by atoms with Crippen LogP contribution in [0.4, 0.5) is 0 Å². The quantitative estimate of drug-likeness (QED) is 0.592. The van der Waals surface area contributed by atoms with E-state index in [1.165, 1.54) is 0 Å². The summed E-state index contributed by atoms with van der Waals surface area (Å²) in [7, 11) is 1.62. The Morgan fingerprint density at radius 1 is 1.21 bits per heavy atom. The molecule has 0 saturated heterocycles. The number of hydrogen-bond donors (Lipinski definition) is 1. The lowest BCUT2D eigenvalue weighted by Gasteiger charge is -2.28. The van der Waals surface area contributed by atoms with Gasteiger partial charge in [-0.05, 0) is 38.5 Å². The third-order valence-electron chi connectivity index (χ3n) is 6.12. The van der Waals surface area contributed by atoms with E-state index in [2.05, 4.69) is 15.6 Å². The molecular formula is C24H29N5O4. The minimum absolute atomic E-state index is 0.0103. The van der Waals surface area contributed by atoms with E-state index in [-0.39, 0.29) is 18.2 Å². The fourth-order valence-corrected chi connectivity index (χ4v) is 4.17. The van der Waals surface area contributed by atoms with Crippen molar-refractivity contribution in [3.63, 3.8) is 0 Å². The molecule has 0 unspecified atom stereocenters. The van der Waals surface area contributed by atoms with Crippen LogP contribution in [-0.4, -0.2) is 45.3 Å². The summed E-state index contributed by atoms with van der Waals surface area (Å²) in [4.78, 5) is 27.8. The van der Waals surface area contributed by atoms with Gasteiger partial charge in [0.1, 0.15) is 11.5 Å². The molecule has 4 rings (SSSR count). The molecule has 9 nitrogen and oxygen atoms in total. The summed E-state index contributed by atoms with van der Waals surface area (Å²) in [5.41, 5.74) is 4.75. The number of methoxy groups -OCH3 is 1. The number of nitrogens with zero attached hydrogens (tertiary/aromatic N) is 4. The highest BCUT2D eigenvalue weighted by Crippen LogP contribution is 2.24. The Hall–Kier alpha value is -3.62. The van der Waals surface area contributed by atoms with Gasteiger partial charge in [0.25, 0.3) is 5.91 Å². The Kier molecular flexibility index (Phi) is 6.48. The zero-order chi connectivity index (χ0) is 23.5. The average molecular weight is 452 g/mol. The fourth-order valence-electron chi connectivity index (χ4n) is 4.17. The molecule has 0 radical (unpaired) electrons. The van der Waals surface area contributed by atoms with E-state index in [1.807, 2.05) is 49.7 Å². The third kappa shape index (κ3) is 4.62. The first-order valence-corrected chi connectivity index (χ1v) is 11.1. The van der Waals surface area contributed by atoms with Crippen LogP contribution in [0.5, 0.6) is 5.75 Å². The monoisotopic (exact) mass is 451 g/mol. The van der Waals surface area contributed by atoms with Gasteiger partial charge in [-0.1, -0.05) is 17.3 Å². The highest BCUT2D eigenvalue weighted by atomic mass is 16.5. The maximum atomic E-state index is 13.0. The predicted molar refractivity (Wildman–Crippen MR) is 121 cm³/mol. The average Bonchev–Trinajstić information content (AvgIpc) is 3.37. The number of rotatable bonds is 7. The lowest BCUT2D eigenvalue weighted by Crippen LogP contribution is -2.38. The number of amides is 2. The Balaban J connectivity index is 1.49. The number of carbonyl (C=O) groups excluding carboxylic acids is 2. The van der Waals surface area contributed by atoms with Gasteiger partial charge in [-0.25, -0.2) is 0 Å². The largest absolute Gasteiger partial charge is 0.497 e. The van der Waals surface area contributed by atoms with Crippen LogP contribution < -0.4 is 10.1 Å². The van der Waals surface area contributed by atoms with Crippen LogP contribution in [-0.2, 0) is 37.3 Å². The molecule has 9 heteroatoms. The van der Waals surface area contributed by atoms with Crippen molar-refractivity contribution < 1.29 is 18.8 Å². The Labute approximate surface area is 192 Å². The van der Waals surface area contributed by atoms with Crippen molar-refractivity contribution >= 4 is 11.8 Å². The first-order chi connectivity index (χ1) is 15.9. The summed E-state index contributed by atoms with van der Waals surface area (Å²) in [6, 6.07) is 7.54. The molecule has 1 aliphatic heterocycles. The standard InChI is InChI=1S/C24H29N5O4/c1-5-29-21-10-11-28(22(30)12-19-15(2)27-33-16(19)3)14-20(21)23(26-29)24(31)25-13-17-6-8-18(32-4)9-7-17/h6-9H,5,10-14H2,1-4H3,(H,25,31). The second-order valence-electron chi connectivity index (χ2n) is 8.17. The van der Waals surface area contributed by atoms with E-state index >= 15 is 0 Å². The molecule has 174 valence electrons. The Morgan fingerprint density at radius 2 is 1.97 bits per heavy atom. The van der Waals surface area contributed by atoms with Crippen LogP contribution in [0.2, 0.25) is 0 Å². The molecule has 1 N–H and O–H groups in total. The second-order valence-corrected chi connectivity index (χ2v) is 8.17. The zero-order valence-corrected chi connectivity index (χ0v) is 19.5.